The summed E-state index contributed by atoms with van der Waals surface area (Å²) in [7, 11) is 0. The van der Waals surface area contributed by atoms with Crippen molar-refractivity contribution in [1.82, 2.24) is 0 Å². The molecule has 23 heavy (non-hydrogen) atoms. The Hall–Kier alpha value is -2.56. The molecule has 2 aromatic rings. The summed E-state index contributed by atoms with van der Waals surface area (Å²) >= 11 is 0. The first-order valence-corrected chi connectivity index (χ1v) is 7.44. The van der Waals surface area contributed by atoms with Gasteiger partial charge in [0.2, 0.25) is 0 Å². The summed E-state index contributed by atoms with van der Waals surface area (Å²) in [4.78, 5) is 11.4. The maximum Gasteiger partial charge on any atom is 0.311 e. The highest BCUT2D eigenvalue weighted by atomic mass is 19.1. The van der Waals surface area contributed by atoms with E-state index in [-0.39, 0.29) is 13.0 Å². The van der Waals surface area contributed by atoms with Gasteiger partial charge in [0.05, 0.1) is 19.1 Å². The van der Waals surface area contributed by atoms with Gasteiger partial charge in [0, 0.05) is 6.07 Å². The first-order valence-electron chi connectivity index (χ1n) is 7.44. The Morgan fingerprint density at radius 3 is 2.48 bits per heavy atom. The molecule has 0 aliphatic rings. The van der Waals surface area contributed by atoms with Crippen LogP contribution < -0.4 is 9.47 Å². The van der Waals surface area contributed by atoms with Gasteiger partial charge in [-0.1, -0.05) is 18.2 Å². The summed E-state index contributed by atoms with van der Waals surface area (Å²) in [6, 6.07) is 12.8. The predicted octanol–water partition coefficient (Wildman–Crippen LogP) is 3.86. The average Bonchev–Trinajstić information content (AvgIpc) is 2.52. The number of hydrogen-bond acceptors (Lipinski definition) is 3. The Kier molecular flexibility index (Phi) is 5.97. The van der Waals surface area contributed by atoms with Crippen molar-refractivity contribution < 1.29 is 23.8 Å². The van der Waals surface area contributed by atoms with Crippen molar-refractivity contribution in [1.29, 1.82) is 0 Å². The van der Waals surface area contributed by atoms with Crippen LogP contribution in [-0.2, 0) is 4.79 Å². The van der Waals surface area contributed by atoms with Gasteiger partial charge in [-0.3, -0.25) is 4.79 Å². The van der Waals surface area contributed by atoms with E-state index in [1.165, 1.54) is 18.2 Å². The van der Waals surface area contributed by atoms with Gasteiger partial charge >= 0.3 is 5.97 Å². The molecule has 0 spiro atoms. The fraction of sp³-hybridized carbons (Fsp3) is 0.278. The minimum Gasteiger partial charge on any atom is -0.494 e. The zero-order chi connectivity index (χ0) is 16.7. The van der Waals surface area contributed by atoms with Gasteiger partial charge in [-0.2, -0.15) is 0 Å². The van der Waals surface area contributed by atoms with Crippen molar-refractivity contribution >= 4 is 5.97 Å². The largest absolute Gasteiger partial charge is 0.494 e. The lowest BCUT2D eigenvalue weighted by atomic mass is 9.96. The smallest absolute Gasteiger partial charge is 0.311 e. The second kappa shape index (κ2) is 8.17. The van der Waals surface area contributed by atoms with Crippen LogP contribution >= 0.6 is 0 Å². The standard InChI is InChI=1S/C18H19FO4/c1-2-22-15-7-4-8-16(12-15)23-10-9-17(18(20)21)13-5-3-6-14(19)11-13/h3-8,11-12,17H,2,9-10H2,1H3,(H,20,21). The summed E-state index contributed by atoms with van der Waals surface area (Å²) in [5.41, 5.74) is 0.434. The van der Waals surface area contributed by atoms with E-state index >= 15 is 0 Å². The van der Waals surface area contributed by atoms with Crippen LogP contribution in [0.2, 0.25) is 0 Å². The molecule has 1 N–H and O–H groups in total. The lowest BCUT2D eigenvalue weighted by molar-refractivity contribution is -0.139. The number of carboxylic acid groups (broad SMARTS) is 1. The van der Waals surface area contributed by atoms with Crippen LogP contribution in [0, 0.1) is 5.82 Å². The molecule has 1 atom stereocenters. The first kappa shape index (κ1) is 16.8. The molecule has 5 heteroatoms. The Morgan fingerprint density at radius 2 is 1.83 bits per heavy atom. The van der Waals surface area contributed by atoms with Gasteiger partial charge in [-0.15, -0.1) is 0 Å². The molecule has 4 nitrogen and oxygen atoms in total. The summed E-state index contributed by atoms with van der Waals surface area (Å²) in [6.45, 7) is 2.66. The maximum absolute atomic E-state index is 13.3. The number of rotatable bonds is 8. The molecule has 0 saturated carbocycles. The number of carboxylic acids is 1. The molecule has 0 saturated heterocycles. The highest BCUT2D eigenvalue weighted by molar-refractivity contribution is 5.76. The van der Waals surface area contributed by atoms with Crippen LogP contribution in [0.5, 0.6) is 11.5 Å². The molecule has 122 valence electrons. The van der Waals surface area contributed by atoms with Crippen molar-refractivity contribution in [2.45, 2.75) is 19.3 Å². The molecule has 0 aromatic heterocycles. The minimum atomic E-state index is -0.998. The number of ether oxygens (including phenoxy) is 2. The molecular weight excluding hydrogens is 299 g/mol. The molecule has 0 bridgehead atoms. The zero-order valence-electron chi connectivity index (χ0n) is 12.9. The van der Waals surface area contributed by atoms with Crippen LogP contribution in [0.15, 0.2) is 48.5 Å². The normalized spacial score (nSPS) is 11.7. The van der Waals surface area contributed by atoms with E-state index in [0.717, 1.165) is 0 Å². The van der Waals surface area contributed by atoms with Gasteiger partial charge in [-0.25, -0.2) is 4.39 Å². The van der Waals surface area contributed by atoms with E-state index in [1.54, 1.807) is 18.2 Å². The molecule has 0 amide bonds. The number of aliphatic carboxylic acids is 1. The van der Waals surface area contributed by atoms with Crippen molar-refractivity contribution in [3.05, 3.63) is 59.9 Å². The minimum absolute atomic E-state index is 0.211. The van der Waals surface area contributed by atoms with E-state index in [0.29, 0.717) is 23.7 Å². The Bertz CT molecular complexity index is 657. The molecular formula is C18H19FO4. The van der Waals surface area contributed by atoms with Gasteiger partial charge in [0.1, 0.15) is 17.3 Å². The molecule has 2 aromatic carbocycles. The number of hydrogen-bond donors (Lipinski definition) is 1. The van der Waals surface area contributed by atoms with Crippen LogP contribution in [0.1, 0.15) is 24.8 Å². The summed E-state index contributed by atoms with van der Waals surface area (Å²) in [5, 5.41) is 9.33. The third-order valence-electron chi connectivity index (χ3n) is 3.34. The molecule has 0 aliphatic heterocycles. The lowest BCUT2D eigenvalue weighted by Gasteiger charge is -2.14. The van der Waals surface area contributed by atoms with E-state index in [4.69, 9.17) is 9.47 Å². The zero-order valence-corrected chi connectivity index (χ0v) is 12.9. The van der Waals surface area contributed by atoms with Crippen LogP contribution in [0.25, 0.3) is 0 Å². The monoisotopic (exact) mass is 318 g/mol. The molecule has 2 rings (SSSR count). The van der Waals surface area contributed by atoms with Gasteiger partial charge < -0.3 is 14.6 Å². The second-order valence-corrected chi connectivity index (χ2v) is 4.99. The summed E-state index contributed by atoms with van der Waals surface area (Å²) < 4.78 is 24.2. The number of halogens is 1. The molecule has 0 radical (unpaired) electrons. The van der Waals surface area contributed by atoms with E-state index in [2.05, 4.69) is 0 Å². The quantitative estimate of drug-likeness (QED) is 0.803. The highest BCUT2D eigenvalue weighted by Crippen LogP contribution is 2.23. The molecule has 1 unspecified atom stereocenters. The predicted molar refractivity (Wildman–Crippen MR) is 84.5 cm³/mol. The maximum atomic E-state index is 13.3. The fourth-order valence-electron chi connectivity index (χ4n) is 2.27. The van der Waals surface area contributed by atoms with Crippen LogP contribution in [0.3, 0.4) is 0 Å². The summed E-state index contributed by atoms with van der Waals surface area (Å²) in [6.07, 6.45) is 0.248. The first-order chi connectivity index (χ1) is 11.1. The Labute approximate surface area is 134 Å². The second-order valence-electron chi connectivity index (χ2n) is 4.99. The van der Waals surface area contributed by atoms with E-state index < -0.39 is 17.7 Å². The molecule has 0 aliphatic carbocycles. The topological polar surface area (TPSA) is 55.8 Å². The van der Waals surface area contributed by atoms with Crippen LogP contribution in [-0.4, -0.2) is 24.3 Å². The van der Waals surface area contributed by atoms with E-state index in [9.17, 15) is 14.3 Å². The molecule has 0 heterocycles. The van der Waals surface area contributed by atoms with Crippen LogP contribution in [0.4, 0.5) is 4.39 Å². The van der Waals surface area contributed by atoms with E-state index in [1.807, 2.05) is 19.1 Å². The van der Waals surface area contributed by atoms with Gasteiger partial charge in [0.15, 0.2) is 0 Å². The van der Waals surface area contributed by atoms with Crippen molar-refractivity contribution in [3.63, 3.8) is 0 Å². The van der Waals surface area contributed by atoms with Gasteiger partial charge in [0.25, 0.3) is 0 Å². The third kappa shape index (κ3) is 4.98. The highest BCUT2D eigenvalue weighted by Gasteiger charge is 2.20. The SMILES string of the molecule is CCOc1cccc(OCCC(C(=O)O)c2cccc(F)c2)c1. The molecule has 0 fully saturated rings. The lowest BCUT2D eigenvalue weighted by Crippen LogP contribution is -2.15. The summed E-state index contributed by atoms with van der Waals surface area (Å²) in [5.74, 6) is -0.939. The average molecular weight is 318 g/mol. The van der Waals surface area contributed by atoms with Crippen molar-refractivity contribution in [2.75, 3.05) is 13.2 Å². The third-order valence-corrected chi connectivity index (χ3v) is 3.34. The Balaban J connectivity index is 1.97. The Morgan fingerprint density at radius 1 is 1.13 bits per heavy atom. The number of carbonyl (C=O) groups is 1. The number of benzene rings is 2. The fourth-order valence-corrected chi connectivity index (χ4v) is 2.27. The van der Waals surface area contributed by atoms with Gasteiger partial charge in [-0.05, 0) is 43.2 Å². The van der Waals surface area contributed by atoms with Crippen molar-refractivity contribution in [2.24, 2.45) is 0 Å². The van der Waals surface area contributed by atoms with Crippen molar-refractivity contribution in [3.8, 4) is 11.5 Å².